The van der Waals surface area contributed by atoms with Gasteiger partial charge in [0.15, 0.2) is 0 Å². The fourth-order valence-corrected chi connectivity index (χ4v) is 4.07. The largest absolute Gasteiger partial charge is 0.468 e. The standard InChI is InChI=1S/C11H22N2O4S/c1-4-12(5-2)18(15,16)13-9-7-6-8-10(13)11(14)17-3/h10H,4-9H2,1-3H3/t10-/m1/s1. The molecule has 0 aromatic rings. The Morgan fingerprint density at radius 3 is 2.44 bits per heavy atom. The van der Waals surface area contributed by atoms with E-state index in [0.717, 1.165) is 12.8 Å². The highest BCUT2D eigenvalue weighted by Crippen LogP contribution is 2.23. The Balaban J connectivity index is 2.99. The molecule has 1 aliphatic rings. The Kier molecular flexibility index (Phi) is 5.55. The van der Waals surface area contributed by atoms with Crippen LogP contribution >= 0.6 is 0 Å². The second-order valence-corrected chi connectivity index (χ2v) is 6.12. The van der Waals surface area contributed by atoms with Crippen LogP contribution < -0.4 is 0 Å². The van der Waals surface area contributed by atoms with Crippen LogP contribution in [0, 0.1) is 0 Å². The van der Waals surface area contributed by atoms with E-state index in [1.54, 1.807) is 13.8 Å². The highest BCUT2D eigenvalue weighted by Gasteiger charge is 2.39. The first kappa shape index (κ1) is 15.4. The van der Waals surface area contributed by atoms with Crippen molar-refractivity contribution in [1.29, 1.82) is 0 Å². The van der Waals surface area contributed by atoms with E-state index in [2.05, 4.69) is 0 Å². The second kappa shape index (κ2) is 6.49. The van der Waals surface area contributed by atoms with Crippen molar-refractivity contribution in [2.24, 2.45) is 0 Å². The summed E-state index contributed by atoms with van der Waals surface area (Å²) in [6, 6.07) is -0.672. The van der Waals surface area contributed by atoms with E-state index in [1.807, 2.05) is 0 Å². The molecule has 106 valence electrons. The number of carbonyl (C=O) groups excluding carboxylic acids is 1. The predicted octanol–water partition coefficient (Wildman–Crippen LogP) is 0.600. The third kappa shape index (κ3) is 3.02. The van der Waals surface area contributed by atoms with Crippen LogP contribution in [0.1, 0.15) is 33.1 Å². The van der Waals surface area contributed by atoms with Gasteiger partial charge in [-0.05, 0) is 19.3 Å². The highest BCUT2D eigenvalue weighted by molar-refractivity contribution is 7.86. The third-order valence-electron chi connectivity index (χ3n) is 3.26. The van der Waals surface area contributed by atoms with Crippen molar-refractivity contribution in [3.05, 3.63) is 0 Å². The third-order valence-corrected chi connectivity index (χ3v) is 5.45. The van der Waals surface area contributed by atoms with Crippen LogP contribution in [0.15, 0.2) is 0 Å². The Labute approximate surface area is 109 Å². The monoisotopic (exact) mass is 278 g/mol. The lowest BCUT2D eigenvalue weighted by atomic mass is 10.1. The molecule has 0 unspecified atom stereocenters. The molecule has 1 heterocycles. The van der Waals surface area contributed by atoms with Gasteiger partial charge < -0.3 is 4.74 Å². The zero-order chi connectivity index (χ0) is 13.8. The number of rotatable bonds is 5. The lowest BCUT2D eigenvalue weighted by molar-refractivity contribution is -0.146. The van der Waals surface area contributed by atoms with E-state index in [1.165, 1.54) is 15.7 Å². The quantitative estimate of drug-likeness (QED) is 0.691. The van der Waals surface area contributed by atoms with Gasteiger partial charge in [-0.25, -0.2) is 0 Å². The summed E-state index contributed by atoms with van der Waals surface area (Å²) in [4.78, 5) is 11.7. The zero-order valence-electron chi connectivity index (χ0n) is 11.3. The molecule has 0 spiro atoms. The van der Waals surface area contributed by atoms with Gasteiger partial charge in [0.2, 0.25) is 0 Å². The molecule has 0 radical (unpaired) electrons. The summed E-state index contributed by atoms with van der Waals surface area (Å²) in [7, 11) is -2.27. The van der Waals surface area contributed by atoms with Gasteiger partial charge in [0.25, 0.3) is 10.2 Å². The SMILES string of the molecule is CCN(CC)S(=O)(=O)N1CCCC[C@@H]1C(=O)OC. The number of nitrogens with zero attached hydrogens (tertiary/aromatic N) is 2. The van der Waals surface area contributed by atoms with Crippen LogP contribution in [0.4, 0.5) is 0 Å². The number of esters is 1. The van der Waals surface area contributed by atoms with Gasteiger partial charge in [0.1, 0.15) is 6.04 Å². The van der Waals surface area contributed by atoms with Crippen molar-refractivity contribution < 1.29 is 17.9 Å². The summed E-state index contributed by atoms with van der Waals surface area (Å²) >= 11 is 0. The molecule has 0 saturated carbocycles. The van der Waals surface area contributed by atoms with E-state index in [4.69, 9.17) is 4.74 Å². The highest BCUT2D eigenvalue weighted by atomic mass is 32.2. The molecule has 0 aromatic heterocycles. The van der Waals surface area contributed by atoms with Gasteiger partial charge in [-0.1, -0.05) is 13.8 Å². The summed E-state index contributed by atoms with van der Waals surface area (Å²) in [5, 5.41) is 0. The summed E-state index contributed by atoms with van der Waals surface area (Å²) in [5.74, 6) is -0.467. The first-order valence-corrected chi connectivity index (χ1v) is 7.73. The van der Waals surface area contributed by atoms with Crippen LogP contribution in [0.5, 0.6) is 0 Å². The Morgan fingerprint density at radius 2 is 1.94 bits per heavy atom. The molecule has 0 aromatic carbocycles. The first-order chi connectivity index (χ1) is 8.48. The predicted molar refractivity (Wildman–Crippen MR) is 68.2 cm³/mol. The molecule has 1 saturated heterocycles. The fraction of sp³-hybridized carbons (Fsp3) is 0.909. The van der Waals surface area contributed by atoms with Gasteiger partial charge in [-0.3, -0.25) is 4.79 Å². The maximum atomic E-state index is 12.4. The Bertz CT molecular complexity index is 379. The van der Waals surface area contributed by atoms with E-state index in [9.17, 15) is 13.2 Å². The average molecular weight is 278 g/mol. The normalized spacial score (nSPS) is 22.1. The van der Waals surface area contributed by atoms with Crippen molar-refractivity contribution in [1.82, 2.24) is 8.61 Å². The van der Waals surface area contributed by atoms with Crippen molar-refractivity contribution in [2.75, 3.05) is 26.7 Å². The molecule has 1 aliphatic heterocycles. The topological polar surface area (TPSA) is 66.9 Å². The van der Waals surface area contributed by atoms with Crippen LogP contribution in [0.3, 0.4) is 0 Å². The number of hydrogen-bond donors (Lipinski definition) is 0. The second-order valence-electron chi connectivity index (χ2n) is 4.24. The number of piperidine rings is 1. The number of methoxy groups -OCH3 is 1. The molecule has 18 heavy (non-hydrogen) atoms. The van der Waals surface area contributed by atoms with Gasteiger partial charge in [-0.2, -0.15) is 17.0 Å². The van der Waals surface area contributed by atoms with E-state index in [0.29, 0.717) is 26.1 Å². The van der Waals surface area contributed by atoms with Crippen LogP contribution in [0.2, 0.25) is 0 Å². The van der Waals surface area contributed by atoms with Crippen molar-refractivity contribution in [2.45, 2.75) is 39.2 Å². The molecular weight excluding hydrogens is 256 g/mol. The van der Waals surface area contributed by atoms with Crippen LogP contribution in [0.25, 0.3) is 0 Å². The summed E-state index contributed by atoms with van der Waals surface area (Å²) in [5.41, 5.74) is 0. The number of hydrogen-bond acceptors (Lipinski definition) is 4. The Hall–Kier alpha value is -0.660. The van der Waals surface area contributed by atoms with Crippen LogP contribution in [-0.4, -0.2) is 55.8 Å². The minimum atomic E-state index is -3.56. The first-order valence-electron chi connectivity index (χ1n) is 6.33. The van der Waals surface area contributed by atoms with E-state index in [-0.39, 0.29) is 0 Å². The average Bonchev–Trinajstić information content (AvgIpc) is 2.39. The maximum absolute atomic E-state index is 12.4. The van der Waals surface area contributed by atoms with E-state index < -0.39 is 22.2 Å². The minimum absolute atomic E-state index is 0.387. The lowest BCUT2D eigenvalue weighted by Gasteiger charge is -2.35. The number of ether oxygens (including phenoxy) is 1. The minimum Gasteiger partial charge on any atom is -0.468 e. The molecule has 1 atom stereocenters. The van der Waals surface area contributed by atoms with Crippen molar-refractivity contribution >= 4 is 16.2 Å². The van der Waals surface area contributed by atoms with Gasteiger partial charge >= 0.3 is 5.97 Å². The Morgan fingerprint density at radius 1 is 1.33 bits per heavy atom. The summed E-state index contributed by atoms with van der Waals surface area (Å²) in [6.07, 6.45) is 2.17. The van der Waals surface area contributed by atoms with Crippen LogP contribution in [-0.2, 0) is 19.7 Å². The smallest absolute Gasteiger partial charge is 0.324 e. The van der Waals surface area contributed by atoms with Gasteiger partial charge in [0, 0.05) is 19.6 Å². The zero-order valence-corrected chi connectivity index (χ0v) is 12.1. The summed E-state index contributed by atoms with van der Waals surface area (Å²) < 4.78 is 32.2. The number of carbonyl (C=O) groups is 1. The molecule has 0 amide bonds. The summed E-state index contributed by atoms with van der Waals surface area (Å²) in [6.45, 7) is 4.78. The molecule has 6 nitrogen and oxygen atoms in total. The van der Waals surface area contributed by atoms with Crippen molar-refractivity contribution in [3.63, 3.8) is 0 Å². The molecule has 7 heteroatoms. The fourth-order valence-electron chi connectivity index (χ4n) is 2.25. The van der Waals surface area contributed by atoms with Crippen molar-refractivity contribution in [3.8, 4) is 0 Å². The van der Waals surface area contributed by atoms with E-state index >= 15 is 0 Å². The molecule has 1 fully saturated rings. The maximum Gasteiger partial charge on any atom is 0.324 e. The van der Waals surface area contributed by atoms with Gasteiger partial charge in [-0.15, -0.1) is 0 Å². The molecular formula is C11H22N2O4S. The van der Waals surface area contributed by atoms with Gasteiger partial charge in [0.05, 0.1) is 7.11 Å². The molecule has 1 rings (SSSR count). The molecule has 0 N–H and O–H groups in total. The molecule has 0 bridgehead atoms. The molecule has 0 aliphatic carbocycles. The lowest BCUT2D eigenvalue weighted by Crippen LogP contribution is -2.53.